The summed E-state index contributed by atoms with van der Waals surface area (Å²) in [5.41, 5.74) is 3.08. The topological polar surface area (TPSA) is 66.0 Å². The van der Waals surface area contributed by atoms with E-state index >= 15 is 0 Å². The molecule has 1 amide bonds. The summed E-state index contributed by atoms with van der Waals surface area (Å²) >= 11 is 0. The van der Waals surface area contributed by atoms with Crippen LogP contribution < -0.4 is 15.4 Å². The number of guanidine groups is 1. The molecule has 2 aromatic rings. The van der Waals surface area contributed by atoms with Gasteiger partial charge in [-0.15, -0.1) is 24.0 Å². The molecule has 0 saturated heterocycles. The number of hydrogen-bond acceptors (Lipinski definition) is 3. The summed E-state index contributed by atoms with van der Waals surface area (Å²) in [5, 5.41) is 6.16. The van der Waals surface area contributed by atoms with Crippen molar-refractivity contribution < 1.29 is 9.53 Å². The predicted molar refractivity (Wildman–Crippen MR) is 125 cm³/mol. The van der Waals surface area contributed by atoms with Crippen molar-refractivity contribution in [3.63, 3.8) is 0 Å². The van der Waals surface area contributed by atoms with Crippen molar-refractivity contribution >= 4 is 35.8 Å². The number of methoxy groups -OCH3 is 1. The molecule has 0 saturated carbocycles. The molecule has 0 radical (unpaired) electrons. The highest BCUT2D eigenvalue weighted by Crippen LogP contribution is 2.11. The molecule has 2 rings (SSSR count). The van der Waals surface area contributed by atoms with Crippen LogP contribution in [-0.4, -0.2) is 51.1 Å². The van der Waals surface area contributed by atoms with Gasteiger partial charge in [0.05, 0.1) is 7.11 Å². The number of halogens is 1. The average molecular weight is 496 g/mol. The van der Waals surface area contributed by atoms with Crippen molar-refractivity contribution in [1.82, 2.24) is 15.5 Å². The molecule has 0 atom stereocenters. The Bertz CT molecular complexity index is 761. The van der Waals surface area contributed by atoms with Gasteiger partial charge < -0.3 is 20.3 Å². The van der Waals surface area contributed by atoms with Crippen molar-refractivity contribution in [2.75, 3.05) is 34.3 Å². The van der Waals surface area contributed by atoms with E-state index < -0.39 is 0 Å². The lowest BCUT2D eigenvalue weighted by Crippen LogP contribution is -2.42. The predicted octanol–water partition coefficient (Wildman–Crippen LogP) is 3.06. The van der Waals surface area contributed by atoms with E-state index in [1.54, 1.807) is 38.4 Å². The highest BCUT2D eigenvalue weighted by atomic mass is 127. The Morgan fingerprint density at radius 3 is 2.21 bits per heavy atom. The Hall–Kier alpha value is -2.29. The number of rotatable bonds is 7. The number of carbonyl (C=O) groups is 1. The van der Waals surface area contributed by atoms with E-state index in [-0.39, 0.29) is 29.9 Å². The summed E-state index contributed by atoms with van der Waals surface area (Å²) in [6.45, 7) is 3.93. The fourth-order valence-corrected chi connectivity index (χ4v) is 2.62. The van der Waals surface area contributed by atoms with Gasteiger partial charge in [-0.1, -0.05) is 29.8 Å². The van der Waals surface area contributed by atoms with Crippen LogP contribution in [0.4, 0.5) is 0 Å². The molecule has 0 unspecified atom stereocenters. The number of hydrogen-bond donors (Lipinski definition) is 2. The van der Waals surface area contributed by atoms with Gasteiger partial charge in [0.2, 0.25) is 0 Å². The third-order valence-corrected chi connectivity index (χ3v) is 4.16. The van der Waals surface area contributed by atoms with Crippen molar-refractivity contribution in [1.29, 1.82) is 0 Å². The quantitative estimate of drug-likeness (QED) is 0.268. The van der Waals surface area contributed by atoms with Crippen LogP contribution in [0.1, 0.15) is 21.5 Å². The molecule has 0 heterocycles. The first kappa shape index (κ1) is 23.7. The number of carbonyl (C=O) groups excluding carboxylic acids is 1. The summed E-state index contributed by atoms with van der Waals surface area (Å²) < 4.78 is 5.10. The second-order valence-corrected chi connectivity index (χ2v) is 6.30. The van der Waals surface area contributed by atoms with E-state index in [4.69, 9.17) is 4.74 Å². The zero-order valence-corrected chi connectivity index (χ0v) is 19.2. The Balaban J connectivity index is 0.00000392. The van der Waals surface area contributed by atoms with Crippen LogP contribution in [0.2, 0.25) is 0 Å². The van der Waals surface area contributed by atoms with Crippen LogP contribution in [-0.2, 0) is 6.54 Å². The second-order valence-electron chi connectivity index (χ2n) is 6.30. The molecule has 0 bridgehead atoms. The van der Waals surface area contributed by atoms with Gasteiger partial charge in [0.25, 0.3) is 5.91 Å². The number of benzene rings is 2. The third-order valence-electron chi connectivity index (χ3n) is 4.16. The smallest absolute Gasteiger partial charge is 0.251 e. The monoisotopic (exact) mass is 496 g/mol. The number of aryl methyl sites for hydroxylation is 1. The number of aliphatic imine (C=N–C) groups is 1. The van der Waals surface area contributed by atoms with Gasteiger partial charge in [0.1, 0.15) is 5.75 Å². The first-order valence-corrected chi connectivity index (χ1v) is 8.93. The molecular weight excluding hydrogens is 467 g/mol. The lowest BCUT2D eigenvalue weighted by Gasteiger charge is -2.22. The number of ether oxygens (including phenoxy) is 1. The maximum atomic E-state index is 12.1. The largest absolute Gasteiger partial charge is 0.497 e. The summed E-state index contributed by atoms with van der Waals surface area (Å²) in [6.07, 6.45) is 0. The molecule has 0 aromatic heterocycles. The van der Waals surface area contributed by atoms with E-state index in [1.807, 2.05) is 7.05 Å². The maximum Gasteiger partial charge on any atom is 0.251 e. The number of nitrogens with one attached hydrogen (secondary N) is 2. The second kappa shape index (κ2) is 12.2. The van der Waals surface area contributed by atoms with E-state index in [9.17, 15) is 4.79 Å². The fraction of sp³-hybridized carbons (Fsp3) is 0.333. The Morgan fingerprint density at radius 1 is 1.04 bits per heavy atom. The summed E-state index contributed by atoms with van der Waals surface area (Å²) in [4.78, 5) is 18.5. The maximum absolute atomic E-state index is 12.1. The van der Waals surface area contributed by atoms with Crippen LogP contribution in [0.25, 0.3) is 0 Å². The summed E-state index contributed by atoms with van der Waals surface area (Å²) in [5.74, 6) is 1.41. The van der Waals surface area contributed by atoms with Gasteiger partial charge in [-0.2, -0.15) is 0 Å². The minimum Gasteiger partial charge on any atom is -0.497 e. The Morgan fingerprint density at radius 2 is 1.64 bits per heavy atom. The van der Waals surface area contributed by atoms with E-state index in [1.165, 1.54) is 11.1 Å². The van der Waals surface area contributed by atoms with Gasteiger partial charge >= 0.3 is 0 Å². The van der Waals surface area contributed by atoms with Crippen molar-refractivity contribution in [3.8, 4) is 5.75 Å². The van der Waals surface area contributed by atoms with Gasteiger partial charge in [-0.25, -0.2) is 0 Å². The molecule has 2 aromatic carbocycles. The summed E-state index contributed by atoms with van der Waals surface area (Å²) in [7, 11) is 5.35. The molecule has 0 aliphatic carbocycles. The first-order valence-electron chi connectivity index (χ1n) is 8.93. The molecule has 152 valence electrons. The van der Waals surface area contributed by atoms with Crippen molar-refractivity contribution in [3.05, 3.63) is 65.2 Å². The van der Waals surface area contributed by atoms with Crippen molar-refractivity contribution in [2.45, 2.75) is 13.5 Å². The van der Waals surface area contributed by atoms with E-state index in [0.29, 0.717) is 18.7 Å². The minimum absolute atomic E-state index is 0. The van der Waals surface area contributed by atoms with Crippen LogP contribution in [0, 0.1) is 6.92 Å². The molecular formula is C21H29IN4O2. The van der Waals surface area contributed by atoms with Gasteiger partial charge in [-0.3, -0.25) is 9.79 Å². The third kappa shape index (κ3) is 7.38. The molecule has 0 aliphatic heterocycles. The zero-order chi connectivity index (χ0) is 19.6. The van der Waals surface area contributed by atoms with Crippen LogP contribution in [0.15, 0.2) is 53.5 Å². The summed E-state index contributed by atoms with van der Waals surface area (Å²) in [6, 6.07) is 15.5. The standard InChI is InChI=1S/C21H28N4O2.HI/c1-16-5-7-17(8-6-16)15-25(3)21(22-2)24-14-13-23-20(26)18-9-11-19(27-4)12-10-18;/h5-12H,13-15H2,1-4H3,(H,22,24)(H,23,26);1H. The van der Waals surface area contributed by atoms with Gasteiger partial charge in [-0.05, 0) is 36.8 Å². The molecule has 6 nitrogen and oxygen atoms in total. The highest BCUT2D eigenvalue weighted by molar-refractivity contribution is 14.0. The van der Waals surface area contributed by atoms with Crippen LogP contribution >= 0.6 is 24.0 Å². The zero-order valence-electron chi connectivity index (χ0n) is 16.9. The van der Waals surface area contributed by atoms with Gasteiger partial charge in [0.15, 0.2) is 5.96 Å². The highest BCUT2D eigenvalue weighted by Gasteiger charge is 2.08. The Labute approximate surface area is 184 Å². The van der Waals surface area contributed by atoms with Gasteiger partial charge in [0, 0.05) is 39.3 Å². The minimum atomic E-state index is -0.109. The molecule has 0 fully saturated rings. The van der Waals surface area contributed by atoms with Crippen LogP contribution in [0.5, 0.6) is 5.75 Å². The molecule has 7 heteroatoms. The Kier molecular flexibility index (Phi) is 10.4. The number of nitrogens with zero attached hydrogens (tertiary/aromatic N) is 2. The fourth-order valence-electron chi connectivity index (χ4n) is 2.62. The average Bonchev–Trinajstić information content (AvgIpc) is 2.69. The van der Waals surface area contributed by atoms with E-state index in [2.05, 4.69) is 51.7 Å². The first-order chi connectivity index (χ1) is 13.0. The normalized spacial score (nSPS) is 10.6. The number of amides is 1. The molecule has 2 N–H and O–H groups in total. The molecule has 0 aliphatic rings. The van der Waals surface area contributed by atoms with Crippen LogP contribution in [0.3, 0.4) is 0 Å². The molecule has 28 heavy (non-hydrogen) atoms. The molecule has 0 spiro atoms. The lowest BCUT2D eigenvalue weighted by molar-refractivity contribution is 0.0954. The SMILES string of the molecule is CN=C(NCCNC(=O)c1ccc(OC)cc1)N(C)Cc1ccc(C)cc1.I. The lowest BCUT2D eigenvalue weighted by atomic mass is 10.1. The van der Waals surface area contributed by atoms with E-state index in [0.717, 1.165) is 18.3 Å². The van der Waals surface area contributed by atoms with Crippen molar-refractivity contribution in [2.24, 2.45) is 4.99 Å².